The maximum Gasteiger partial charge on any atom is 0.410 e. The summed E-state index contributed by atoms with van der Waals surface area (Å²) in [5.74, 6) is -1.18. The molecule has 0 radical (unpaired) electrons. The first-order valence-corrected chi connectivity index (χ1v) is 13.6. The Morgan fingerprint density at radius 3 is 2.05 bits per heavy atom. The van der Waals surface area contributed by atoms with Gasteiger partial charge in [-0.15, -0.1) is 0 Å². The van der Waals surface area contributed by atoms with Crippen LogP contribution in [-0.4, -0.2) is 83.2 Å². The molecule has 2 amide bonds. The van der Waals surface area contributed by atoms with E-state index in [1.807, 2.05) is 57.2 Å². The molecule has 2 aromatic rings. The van der Waals surface area contributed by atoms with E-state index in [4.69, 9.17) is 14.2 Å². The van der Waals surface area contributed by atoms with Crippen LogP contribution in [0.4, 0.5) is 9.59 Å². The van der Waals surface area contributed by atoms with Crippen LogP contribution in [0.5, 0.6) is 0 Å². The summed E-state index contributed by atoms with van der Waals surface area (Å²) < 4.78 is 17.4. The fourth-order valence-electron chi connectivity index (χ4n) is 5.78. The zero-order valence-electron chi connectivity index (χ0n) is 22.7. The predicted octanol–water partition coefficient (Wildman–Crippen LogP) is 4.88. The molecule has 9 heteroatoms. The first kappa shape index (κ1) is 27.0. The molecule has 2 aliphatic heterocycles. The molecular formula is C30H36N2O7. The average molecular weight is 537 g/mol. The molecule has 2 fully saturated rings. The fourth-order valence-corrected chi connectivity index (χ4v) is 5.78. The van der Waals surface area contributed by atoms with Gasteiger partial charge in [0.2, 0.25) is 0 Å². The summed E-state index contributed by atoms with van der Waals surface area (Å²) >= 11 is 0. The summed E-state index contributed by atoms with van der Waals surface area (Å²) in [5, 5.41) is 9.82. The minimum Gasteiger partial charge on any atom is -0.480 e. The Labute approximate surface area is 228 Å². The highest BCUT2D eigenvalue weighted by Gasteiger charge is 2.43. The maximum atomic E-state index is 13.1. The van der Waals surface area contributed by atoms with E-state index in [2.05, 4.69) is 12.1 Å². The van der Waals surface area contributed by atoms with Crippen LogP contribution < -0.4 is 0 Å². The highest BCUT2D eigenvalue weighted by molar-refractivity contribution is 5.82. The number of hydrogen-bond donors (Lipinski definition) is 1. The van der Waals surface area contributed by atoms with Crippen molar-refractivity contribution in [3.05, 3.63) is 59.7 Å². The summed E-state index contributed by atoms with van der Waals surface area (Å²) in [5.41, 5.74) is 3.90. The minimum absolute atomic E-state index is 0.102. The minimum atomic E-state index is -1.07. The van der Waals surface area contributed by atoms with E-state index in [0.717, 1.165) is 22.3 Å². The Hall–Kier alpha value is -3.59. The molecule has 0 bridgehead atoms. The Morgan fingerprint density at radius 1 is 0.897 bits per heavy atom. The molecular weight excluding hydrogens is 500 g/mol. The fraction of sp³-hybridized carbons (Fsp3) is 0.500. The molecule has 2 atom stereocenters. The zero-order chi connectivity index (χ0) is 27.7. The van der Waals surface area contributed by atoms with Crippen molar-refractivity contribution in [2.75, 3.05) is 26.2 Å². The first-order chi connectivity index (χ1) is 18.6. The van der Waals surface area contributed by atoms with E-state index in [9.17, 15) is 19.5 Å². The second-order valence-electron chi connectivity index (χ2n) is 11.5. The number of carboxylic acids is 1. The number of ether oxygens (including phenoxy) is 3. The molecule has 3 aliphatic rings. The molecule has 0 aromatic heterocycles. The third-order valence-corrected chi connectivity index (χ3v) is 7.60. The maximum absolute atomic E-state index is 13.1. The van der Waals surface area contributed by atoms with Crippen molar-refractivity contribution >= 4 is 18.2 Å². The van der Waals surface area contributed by atoms with Crippen LogP contribution in [0.15, 0.2) is 48.5 Å². The number of piperidine rings is 1. The number of fused-ring (bicyclic) bond motifs is 3. The van der Waals surface area contributed by atoms with Gasteiger partial charge in [-0.05, 0) is 55.9 Å². The lowest BCUT2D eigenvalue weighted by Crippen LogP contribution is -2.44. The Balaban J connectivity index is 1.17. The van der Waals surface area contributed by atoms with E-state index in [1.165, 1.54) is 4.90 Å². The molecule has 0 saturated carbocycles. The van der Waals surface area contributed by atoms with Crippen LogP contribution in [-0.2, 0) is 19.0 Å². The van der Waals surface area contributed by atoms with Gasteiger partial charge in [-0.2, -0.15) is 0 Å². The molecule has 39 heavy (non-hydrogen) atoms. The average Bonchev–Trinajstić information content (AvgIpc) is 3.46. The zero-order valence-corrected chi connectivity index (χ0v) is 22.7. The van der Waals surface area contributed by atoms with Crippen molar-refractivity contribution in [3.8, 4) is 11.1 Å². The summed E-state index contributed by atoms with van der Waals surface area (Å²) in [7, 11) is 0. The summed E-state index contributed by atoms with van der Waals surface area (Å²) in [6, 6.07) is 15.1. The highest BCUT2D eigenvalue weighted by atomic mass is 16.6. The monoisotopic (exact) mass is 536 g/mol. The number of carbonyl (C=O) groups is 3. The van der Waals surface area contributed by atoms with Crippen LogP contribution in [0.1, 0.15) is 57.1 Å². The third-order valence-electron chi connectivity index (χ3n) is 7.60. The van der Waals surface area contributed by atoms with Crippen molar-refractivity contribution in [3.63, 3.8) is 0 Å². The third kappa shape index (κ3) is 5.88. The summed E-state index contributed by atoms with van der Waals surface area (Å²) in [6.45, 7) is 6.80. The van der Waals surface area contributed by atoms with Crippen molar-refractivity contribution in [1.29, 1.82) is 0 Å². The van der Waals surface area contributed by atoms with E-state index < -0.39 is 29.8 Å². The highest BCUT2D eigenvalue weighted by Crippen LogP contribution is 2.44. The summed E-state index contributed by atoms with van der Waals surface area (Å²) in [4.78, 5) is 40.4. The molecule has 2 aromatic carbocycles. The van der Waals surface area contributed by atoms with Crippen LogP contribution in [0.3, 0.4) is 0 Å². The number of rotatable bonds is 5. The number of likely N-dealkylation sites (tertiary alicyclic amines) is 2. The van der Waals surface area contributed by atoms with E-state index in [0.29, 0.717) is 25.9 Å². The van der Waals surface area contributed by atoms with Crippen molar-refractivity contribution in [2.45, 2.75) is 69.8 Å². The van der Waals surface area contributed by atoms with Crippen molar-refractivity contribution < 1.29 is 33.7 Å². The van der Waals surface area contributed by atoms with Gasteiger partial charge in [-0.3, -0.25) is 4.90 Å². The van der Waals surface area contributed by atoms with Gasteiger partial charge in [0.05, 0.1) is 18.8 Å². The van der Waals surface area contributed by atoms with Gasteiger partial charge in [-0.1, -0.05) is 48.5 Å². The van der Waals surface area contributed by atoms with E-state index >= 15 is 0 Å². The number of amides is 2. The largest absolute Gasteiger partial charge is 0.480 e. The van der Waals surface area contributed by atoms with Crippen molar-refractivity contribution in [2.24, 2.45) is 0 Å². The second-order valence-corrected chi connectivity index (χ2v) is 11.5. The van der Waals surface area contributed by atoms with Gasteiger partial charge in [0, 0.05) is 25.4 Å². The topological polar surface area (TPSA) is 106 Å². The molecule has 208 valence electrons. The molecule has 9 nitrogen and oxygen atoms in total. The van der Waals surface area contributed by atoms with Gasteiger partial charge in [0.15, 0.2) is 0 Å². The number of carbonyl (C=O) groups excluding carboxylic acids is 2. The van der Waals surface area contributed by atoms with Crippen LogP contribution >= 0.6 is 0 Å². The van der Waals surface area contributed by atoms with Gasteiger partial charge in [0.25, 0.3) is 0 Å². The van der Waals surface area contributed by atoms with Gasteiger partial charge in [0.1, 0.15) is 18.2 Å². The number of hydrogen-bond acceptors (Lipinski definition) is 6. The quantitative estimate of drug-likeness (QED) is 0.581. The Kier molecular flexibility index (Phi) is 7.53. The van der Waals surface area contributed by atoms with Gasteiger partial charge < -0.3 is 24.2 Å². The number of aliphatic carboxylic acids is 1. The van der Waals surface area contributed by atoms with Crippen LogP contribution in [0.2, 0.25) is 0 Å². The first-order valence-electron chi connectivity index (χ1n) is 13.6. The molecule has 1 N–H and O–H groups in total. The Morgan fingerprint density at radius 2 is 1.49 bits per heavy atom. The lowest BCUT2D eigenvalue weighted by atomic mass is 9.98. The second kappa shape index (κ2) is 10.9. The number of benzene rings is 2. The molecule has 0 spiro atoms. The van der Waals surface area contributed by atoms with E-state index in [1.54, 1.807) is 4.90 Å². The smallest absolute Gasteiger partial charge is 0.410 e. The van der Waals surface area contributed by atoms with Crippen LogP contribution in [0.25, 0.3) is 11.1 Å². The molecule has 2 saturated heterocycles. The standard InChI is InChI=1S/C30H36N2O7/c1-30(2,3)39-28(35)31-14-12-19(13-15-31)38-20-16-26(27(33)34)32(17-20)29(36)37-18-25-23-10-6-4-8-21(23)22-9-5-7-11-24(22)25/h4-11,19-20,25-26H,12-18H2,1-3H3,(H,33,34)/t20-,26+/m1/s1. The molecule has 2 heterocycles. The van der Waals surface area contributed by atoms with Crippen LogP contribution in [0, 0.1) is 0 Å². The SMILES string of the molecule is CC(C)(C)OC(=O)N1CCC(O[C@@H]2C[C@@H](C(=O)O)N(C(=O)OCC3c4ccccc4-c4ccccc43)C2)CC1. The predicted molar refractivity (Wildman–Crippen MR) is 144 cm³/mol. The van der Waals surface area contributed by atoms with Gasteiger partial charge >= 0.3 is 18.2 Å². The number of carboxylic acid groups (broad SMARTS) is 1. The van der Waals surface area contributed by atoms with E-state index in [-0.39, 0.29) is 37.7 Å². The lowest BCUT2D eigenvalue weighted by Gasteiger charge is -2.34. The normalized spacial score (nSPS) is 21.4. The van der Waals surface area contributed by atoms with Crippen molar-refractivity contribution in [1.82, 2.24) is 9.80 Å². The summed E-state index contributed by atoms with van der Waals surface area (Å²) in [6.07, 6.45) is -0.0672. The molecule has 5 rings (SSSR count). The molecule has 0 unspecified atom stereocenters. The molecule has 1 aliphatic carbocycles. The van der Waals surface area contributed by atoms with Gasteiger partial charge in [-0.25, -0.2) is 14.4 Å². The lowest BCUT2D eigenvalue weighted by molar-refractivity contribution is -0.141. The number of nitrogens with zero attached hydrogens (tertiary/aromatic N) is 2. The Bertz CT molecular complexity index is 1190.